The number of fused-ring (bicyclic) bond motifs is 1. The zero-order chi connectivity index (χ0) is 17.1. The van der Waals surface area contributed by atoms with Gasteiger partial charge in [0.25, 0.3) is 0 Å². The van der Waals surface area contributed by atoms with Crippen LogP contribution in [0.3, 0.4) is 0 Å². The van der Waals surface area contributed by atoms with Gasteiger partial charge in [-0.1, -0.05) is 6.92 Å². The van der Waals surface area contributed by atoms with Crippen LogP contribution in [0.1, 0.15) is 23.7 Å². The van der Waals surface area contributed by atoms with Gasteiger partial charge < -0.3 is 9.47 Å². The van der Waals surface area contributed by atoms with Crippen LogP contribution in [0.15, 0.2) is 18.2 Å². The summed E-state index contributed by atoms with van der Waals surface area (Å²) in [5.41, 5.74) is 1.46. The molecule has 24 heavy (non-hydrogen) atoms. The van der Waals surface area contributed by atoms with E-state index < -0.39 is 0 Å². The van der Waals surface area contributed by atoms with Crippen LogP contribution < -0.4 is 9.64 Å². The Bertz CT molecular complexity index is 625. The van der Waals surface area contributed by atoms with Crippen molar-refractivity contribution in [1.29, 1.82) is 0 Å². The lowest BCUT2D eigenvalue weighted by atomic mass is 9.94. The second-order valence-corrected chi connectivity index (χ2v) is 6.43. The van der Waals surface area contributed by atoms with Crippen molar-refractivity contribution in [3.8, 4) is 5.75 Å². The van der Waals surface area contributed by atoms with Crippen LogP contribution in [-0.2, 0) is 9.53 Å². The Morgan fingerprint density at radius 2 is 2.08 bits per heavy atom. The quantitative estimate of drug-likeness (QED) is 0.785. The Balaban J connectivity index is 1.74. The molecule has 6 nitrogen and oxygen atoms in total. The molecule has 1 amide bonds. The Kier molecular flexibility index (Phi) is 5.28. The second kappa shape index (κ2) is 7.42. The van der Waals surface area contributed by atoms with Gasteiger partial charge in [-0.25, -0.2) is 9.69 Å². The lowest BCUT2D eigenvalue weighted by Gasteiger charge is -2.29. The number of hydrogen-bond acceptors (Lipinski definition) is 5. The van der Waals surface area contributed by atoms with E-state index in [1.54, 1.807) is 13.1 Å². The molecular formula is C18H25N2O4+. The number of amides is 1. The minimum atomic E-state index is -0.0311. The fourth-order valence-corrected chi connectivity index (χ4v) is 3.24. The van der Waals surface area contributed by atoms with E-state index in [-0.39, 0.29) is 24.2 Å². The van der Waals surface area contributed by atoms with E-state index in [1.165, 1.54) is 0 Å². The van der Waals surface area contributed by atoms with Crippen LogP contribution in [0, 0.1) is 5.92 Å². The summed E-state index contributed by atoms with van der Waals surface area (Å²) in [5.74, 6) is 0.751. The zero-order valence-electron chi connectivity index (χ0n) is 14.3. The highest BCUT2D eigenvalue weighted by atomic mass is 16.5. The minimum Gasteiger partial charge on any atom is -0.473 e. The smallest absolute Gasteiger partial charge is 0.354 e. The molecule has 0 bridgehead atoms. The Labute approximate surface area is 142 Å². The summed E-state index contributed by atoms with van der Waals surface area (Å²) in [5, 5.41) is 0. The molecule has 2 aliphatic rings. The van der Waals surface area contributed by atoms with Crippen LogP contribution >= 0.6 is 0 Å². The first-order valence-electron chi connectivity index (χ1n) is 8.58. The topological polar surface area (TPSA) is 60.3 Å². The number of nitrogens with one attached hydrogen (secondary N) is 1. The lowest BCUT2D eigenvalue weighted by molar-refractivity contribution is -0.728. The number of morpholine rings is 1. The standard InChI is InChI=1S/C18H24N2O4/c1-3-13(11-20-6-8-23-9-7-20)18(22)14-4-5-15-16(10-14)24-12-17(21)19(15)2/h4-5,10,13H,3,6-9,11-12H2,1-2H3/p+1. The van der Waals surface area contributed by atoms with Gasteiger partial charge in [-0.15, -0.1) is 0 Å². The zero-order valence-corrected chi connectivity index (χ0v) is 14.3. The predicted molar refractivity (Wildman–Crippen MR) is 88.9 cm³/mol. The van der Waals surface area contributed by atoms with Crippen molar-refractivity contribution in [2.24, 2.45) is 5.92 Å². The number of carbonyl (C=O) groups excluding carboxylic acids is 2. The molecule has 2 aliphatic heterocycles. The fraction of sp³-hybridized carbons (Fsp3) is 0.556. The van der Waals surface area contributed by atoms with E-state index in [0.29, 0.717) is 16.2 Å². The third-order valence-electron chi connectivity index (χ3n) is 4.89. The molecule has 0 aliphatic carbocycles. The molecular weight excluding hydrogens is 308 g/mol. The molecule has 2 atom stereocenters. The van der Waals surface area contributed by atoms with E-state index in [9.17, 15) is 9.59 Å². The number of nitrogens with zero attached hydrogens (tertiary/aromatic N) is 1. The largest absolute Gasteiger partial charge is 0.473 e. The molecule has 0 saturated carbocycles. The first-order valence-corrected chi connectivity index (χ1v) is 8.58. The van der Waals surface area contributed by atoms with Gasteiger partial charge in [0.1, 0.15) is 0 Å². The molecule has 0 aromatic heterocycles. The van der Waals surface area contributed by atoms with Gasteiger partial charge in [0, 0.05) is 37.2 Å². The molecule has 1 saturated heterocycles. The number of rotatable bonds is 5. The van der Waals surface area contributed by atoms with E-state index in [2.05, 4.69) is 11.8 Å². The van der Waals surface area contributed by atoms with Crippen LogP contribution in [0.4, 0.5) is 5.69 Å². The number of Topliss-reactive ketones (excluding diaryl/α,β-unsaturated/α-hetero) is 1. The van der Waals surface area contributed by atoms with Crippen molar-refractivity contribution in [2.75, 3.05) is 46.5 Å². The maximum absolute atomic E-state index is 12.9. The third-order valence-corrected chi connectivity index (χ3v) is 4.89. The maximum atomic E-state index is 12.9. The SMILES string of the molecule is CCC(CN1CCOCC1)C(=O)c1ccc2c(c1)OCC(=O)[NH+]2C. The molecule has 6 heteroatoms. The molecule has 1 aromatic rings. The summed E-state index contributed by atoms with van der Waals surface area (Å²) in [4.78, 5) is 27.6. The van der Waals surface area contributed by atoms with Gasteiger partial charge in [0.2, 0.25) is 6.61 Å². The summed E-state index contributed by atoms with van der Waals surface area (Å²) in [6, 6.07) is 5.43. The molecule has 1 fully saturated rings. The highest BCUT2D eigenvalue weighted by Gasteiger charge is 2.30. The van der Waals surface area contributed by atoms with Crippen molar-refractivity contribution < 1.29 is 24.0 Å². The van der Waals surface area contributed by atoms with Crippen LogP contribution in [-0.4, -0.2) is 63.1 Å². The van der Waals surface area contributed by atoms with Crippen molar-refractivity contribution in [3.05, 3.63) is 23.8 Å². The van der Waals surface area contributed by atoms with Gasteiger partial charge in [-0.2, -0.15) is 0 Å². The van der Waals surface area contributed by atoms with Crippen molar-refractivity contribution >= 4 is 17.4 Å². The maximum Gasteiger partial charge on any atom is 0.354 e. The number of hydrogen-bond donors (Lipinski definition) is 1. The second-order valence-electron chi connectivity index (χ2n) is 6.43. The average Bonchev–Trinajstić information content (AvgIpc) is 2.63. The van der Waals surface area contributed by atoms with Gasteiger partial charge >= 0.3 is 5.91 Å². The lowest BCUT2D eigenvalue weighted by Crippen LogP contribution is -3.08. The van der Waals surface area contributed by atoms with E-state index in [4.69, 9.17) is 9.47 Å². The van der Waals surface area contributed by atoms with Crippen molar-refractivity contribution in [3.63, 3.8) is 0 Å². The molecule has 0 radical (unpaired) electrons. The molecule has 2 unspecified atom stereocenters. The Morgan fingerprint density at radius 1 is 1.33 bits per heavy atom. The third kappa shape index (κ3) is 3.50. The van der Waals surface area contributed by atoms with Crippen LogP contribution in [0.2, 0.25) is 0 Å². The molecule has 1 aromatic carbocycles. The van der Waals surface area contributed by atoms with Gasteiger partial charge in [-0.05, 0) is 18.6 Å². The number of benzene rings is 1. The molecule has 130 valence electrons. The summed E-state index contributed by atoms with van der Waals surface area (Å²) < 4.78 is 10.9. The number of carbonyl (C=O) groups is 2. The van der Waals surface area contributed by atoms with E-state index in [0.717, 1.165) is 45.0 Å². The highest BCUT2D eigenvalue weighted by molar-refractivity contribution is 5.98. The first kappa shape index (κ1) is 17.1. The van der Waals surface area contributed by atoms with Crippen LogP contribution in [0.25, 0.3) is 0 Å². The molecule has 0 spiro atoms. The number of quaternary nitrogens is 1. The number of ketones is 1. The van der Waals surface area contributed by atoms with Gasteiger partial charge in [-0.3, -0.25) is 9.69 Å². The molecule has 3 rings (SSSR count). The monoisotopic (exact) mass is 333 g/mol. The van der Waals surface area contributed by atoms with Gasteiger partial charge in [0.05, 0.1) is 20.3 Å². The van der Waals surface area contributed by atoms with Crippen LogP contribution in [0.5, 0.6) is 5.75 Å². The first-order chi connectivity index (χ1) is 11.6. The summed E-state index contributed by atoms with van der Waals surface area (Å²) in [7, 11) is 1.80. The minimum absolute atomic E-state index is 0.000304. The Hall–Kier alpha value is -1.76. The number of ether oxygens (including phenoxy) is 2. The summed E-state index contributed by atoms with van der Waals surface area (Å²) >= 11 is 0. The van der Waals surface area contributed by atoms with E-state index >= 15 is 0 Å². The molecule has 1 N–H and O–H groups in total. The summed E-state index contributed by atoms with van der Waals surface area (Å²) in [6.07, 6.45) is 0.803. The number of likely N-dealkylation sites (N-methyl/N-ethyl adjacent to an activating group) is 1. The van der Waals surface area contributed by atoms with Gasteiger partial charge in [0.15, 0.2) is 17.2 Å². The van der Waals surface area contributed by atoms with Crippen molar-refractivity contribution in [1.82, 2.24) is 4.90 Å². The Morgan fingerprint density at radius 3 is 2.79 bits per heavy atom. The fourth-order valence-electron chi connectivity index (χ4n) is 3.24. The van der Waals surface area contributed by atoms with E-state index in [1.807, 2.05) is 12.1 Å². The molecule has 2 heterocycles. The summed E-state index contributed by atoms with van der Waals surface area (Å²) in [6.45, 7) is 6.11. The highest BCUT2D eigenvalue weighted by Crippen LogP contribution is 2.26. The average molecular weight is 333 g/mol. The van der Waals surface area contributed by atoms with Crippen molar-refractivity contribution in [2.45, 2.75) is 13.3 Å². The normalized spacial score (nSPS) is 22.6. The predicted octanol–water partition coefficient (Wildman–Crippen LogP) is 0.293.